The molecule has 0 aliphatic rings. The highest BCUT2D eigenvalue weighted by atomic mass is 32.1. The van der Waals surface area contributed by atoms with Gasteiger partial charge in [0.2, 0.25) is 0 Å². The molecule has 0 aliphatic carbocycles. The van der Waals surface area contributed by atoms with Crippen LogP contribution in [0.1, 0.15) is 23.0 Å². The number of carbonyl (C=O) groups excluding carboxylic acids is 1. The monoisotopic (exact) mass is 434 g/mol. The lowest BCUT2D eigenvalue weighted by molar-refractivity contribution is 0.102. The van der Waals surface area contributed by atoms with Gasteiger partial charge in [-0.05, 0) is 61.6 Å². The Kier molecular flexibility index (Phi) is 5.73. The van der Waals surface area contributed by atoms with E-state index in [1.54, 1.807) is 36.6 Å². The van der Waals surface area contributed by atoms with Gasteiger partial charge in [-0.3, -0.25) is 14.2 Å². The molecule has 1 amide bonds. The number of furan rings is 1. The standard InChI is InChI=1S/C23H22N4O3S/c1-3-26(2)20-9-5-4-8-18(20)24-21(28)15-10-11-17-19(13-15)25-23(31)27(22(17)29)14-16-7-6-12-30-16/h4-13H,3,14H2,1-2H3,(H,24,28)(H,25,31). The molecule has 0 saturated carbocycles. The van der Waals surface area contributed by atoms with Crippen molar-refractivity contribution >= 4 is 40.4 Å². The molecule has 0 spiro atoms. The van der Waals surface area contributed by atoms with Crippen LogP contribution in [0.15, 0.2) is 70.1 Å². The summed E-state index contributed by atoms with van der Waals surface area (Å²) in [7, 11) is 1.97. The summed E-state index contributed by atoms with van der Waals surface area (Å²) in [5.41, 5.74) is 2.35. The minimum absolute atomic E-state index is 0.237. The number of H-pyrrole nitrogens is 1. The van der Waals surface area contributed by atoms with E-state index in [4.69, 9.17) is 16.6 Å². The first-order valence-electron chi connectivity index (χ1n) is 9.88. The molecule has 2 N–H and O–H groups in total. The topological polar surface area (TPSA) is 83.3 Å². The Morgan fingerprint density at radius 1 is 1.19 bits per heavy atom. The number of rotatable bonds is 6. The maximum absolute atomic E-state index is 12.9. The fourth-order valence-electron chi connectivity index (χ4n) is 3.37. The van der Waals surface area contributed by atoms with Crippen molar-refractivity contribution in [2.75, 3.05) is 23.8 Å². The van der Waals surface area contributed by atoms with Gasteiger partial charge in [0.05, 0.1) is 35.1 Å². The van der Waals surface area contributed by atoms with Crippen LogP contribution in [0.25, 0.3) is 10.9 Å². The van der Waals surface area contributed by atoms with Crippen molar-refractivity contribution in [3.8, 4) is 0 Å². The molecule has 4 rings (SSSR count). The van der Waals surface area contributed by atoms with E-state index in [-0.39, 0.29) is 22.8 Å². The highest BCUT2D eigenvalue weighted by molar-refractivity contribution is 7.71. The molecule has 0 radical (unpaired) electrons. The summed E-state index contributed by atoms with van der Waals surface area (Å²) in [6, 6.07) is 16.1. The Morgan fingerprint density at radius 2 is 2.00 bits per heavy atom. The molecular weight excluding hydrogens is 412 g/mol. The van der Waals surface area contributed by atoms with Crippen molar-refractivity contribution in [1.82, 2.24) is 9.55 Å². The van der Waals surface area contributed by atoms with Crippen molar-refractivity contribution in [2.45, 2.75) is 13.5 Å². The Balaban J connectivity index is 1.66. The van der Waals surface area contributed by atoms with E-state index in [0.717, 1.165) is 17.9 Å². The van der Waals surface area contributed by atoms with Crippen molar-refractivity contribution in [3.63, 3.8) is 0 Å². The summed E-state index contributed by atoms with van der Waals surface area (Å²) in [5.74, 6) is 0.366. The molecular formula is C23H22N4O3S. The summed E-state index contributed by atoms with van der Waals surface area (Å²) in [6.07, 6.45) is 1.55. The summed E-state index contributed by atoms with van der Waals surface area (Å²) in [6.45, 7) is 3.09. The van der Waals surface area contributed by atoms with Gasteiger partial charge in [0.15, 0.2) is 4.77 Å². The number of fused-ring (bicyclic) bond motifs is 1. The molecule has 31 heavy (non-hydrogen) atoms. The maximum Gasteiger partial charge on any atom is 0.262 e. The highest BCUT2D eigenvalue weighted by Crippen LogP contribution is 2.25. The van der Waals surface area contributed by atoms with Gasteiger partial charge >= 0.3 is 0 Å². The largest absolute Gasteiger partial charge is 0.467 e. The SMILES string of the molecule is CCN(C)c1ccccc1NC(=O)c1ccc2c(=O)n(Cc3ccco3)c(=S)[nH]c2c1. The van der Waals surface area contributed by atoms with Gasteiger partial charge in [-0.25, -0.2) is 0 Å². The number of nitrogens with one attached hydrogen (secondary N) is 2. The van der Waals surface area contributed by atoms with E-state index in [1.165, 1.54) is 4.57 Å². The first-order chi connectivity index (χ1) is 15.0. The molecule has 0 bridgehead atoms. The van der Waals surface area contributed by atoms with Crippen LogP contribution in [0.3, 0.4) is 0 Å². The molecule has 158 valence electrons. The fraction of sp³-hybridized carbons (Fsp3) is 0.174. The molecule has 2 aromatic heterocycles. The van der Waals surface area contributed by atoms with Crippen LogP contribution in [0.4, 0.5) is 11.4 Å². The van der Waals surface area contributed by atoms with E-state index in [9.17, 15) is 9.59 Å². The van der Waals surface area contributed by atoms with E-state index >= 15 is 0 Å². The normalized spacial score (nSPS) is 10.9. The van der Waals surface area contributed by atoms with Gasteiger partial charge < -0.3 is 19.6 Å². The predicted octanol–water partition coefficient (Wildman–Crippen LogP) is 4.41. The van der Waals surface area contributed by atoms with Gasteiger partial charge in [0.1, 0.15) is 5.76 Å². The number of aromatic amines is 1. The molecule has 0 aliphatic heterocycles. The molecule has 2 aromatic carbocycles. The van der Waals surface area contributed by atoms with Crippen LogP contribution >= 0.6 is 12.2 Å². The summed E-state index contributed by atoms with van der Waals surface area (Å²) < 4.78 is 7.03. The number of nitrogens with zero attached hydrogens (tertiary/aromatic N) is 2. The number of hydrogen-bond acceptors (Lipinski definition) is 5. The maximum atomic E-state index is 12.9. The highest BCUT2D eigenvalue weighted by Gasteiger charge is 2.14. The van der Waals surface area contributed by atoms with Crippen LogP contribution in [-0.2, 0) is 6.54 Å². The quantitative estimate of drug-likeness (QED) is 0.439. The van der Waals surface area contributed by atoms with Gasteiger partial charge in [-0.2, -0.15) is 0 Å². The van der Waals surface area contributed by atoms with E-state index in [2.05, 4.69) is 15.2 Å². The van der Waals surface area contributed by atoms with Gasteiger partial charge in [-0.15, -0.1) is 0 Å². The molecule has 0 unspecified atom stereocenters. The smallest absolute Gasteiger partial charge is 0.262 e. The number of hydrogen-bond donors (Lipinski definition) is 2. The number of aromatic nitrogens is 2. The first kappa shape index (κ1) is 20.6. The average Bonchev–Trinajstić information content (AvgIpc) is 3.29. The van der Waals surface area contributed by atoms with Crippen molar-refractivity contribution in [1.29, 1.82) is 0 Å². The summed E-state index contributed by atoms with van der Waals surface area (Å²) in [4.78, 5) is 30.9. The molecule has 0 atom stereocenters. The van der Waals surface area contributed by atoms with Crippen molar-refractivity contribution < 1.29 is 9.21 Å². The predicted molar refractivity (Wildman–Crippen MR) is 125 cm³/mol. The van der Waals surface area contributed by atoms with Crippen LogP contribution in [0, 0.1) is 4.77 Å². The number of para-hydroxylation sites is 2. The number of carbonyl (C=O) groups is 1. The molecule has 0 fully saturated rings. The van der Waals surface area contributed by atoms with Gasteiger partial charge in [0.25, 0.3) is 11.5 Å². The number of anilines is 2. The average molecular weight is 435 g/mol. The third kappa shape index (κ3) is 4.15. The third-order valence-corrected chi connectivity index (χ3v) is 5.50. The molecule has 7 nitrogen and oxygen atoms in total. The Hall–Kier alpha value is -3.65. The second kappa shape index (κ2) is 8.61. The molecule has 4 aromatic rings. The third-order valence-electron chi connectivity index (χ3n) is 5.18. The Morgan fingerprint density at radius 3 is 2.74 bits per heavy atom. The van der Waals surface area contributed by atoms with E-state index < -0.39 is 0 Å². The van der Waals surface area contributed by atoms with Gasteiger partial charge in [0, 0.05) is 19.2 Å². The van der Waals surface area contributed by atoms with E-state index in [1.807, 2.05) is 38.2 Å². The lowest BCUT2D eigenvalue weighted by Gasteiger charge is -2.20. The second-order valence-electron chi connectivity index (χ2n) is 7.15. The van der Waals surface area contributed by atoms with Gasteiger partial charge in [-0.1, -0.05) is 12.1 Å². The summed E-state index contributed by atoms with van der Waals surface area (Å²) >= 11 is 5.37. The second-order valence-corrected chi connectivity index (χ2v) is 7.53. The lowest BCUT2D eigenvalue weighted by atomic mass is 10.1. The van der Waals surface area contributed by atoms with Crippen molar-refractivity contribution in [3.05, 3.63) is 87.3 Å². The number of amides is 1. The van der Waals surface area contributed by atoms with Crippen LogP contribution < -0.4 is 15.8 Å². The number of benzene rings is 2. The minimum atomic E-state index is -0.266. The van der Waals surface area contributed by atoms with Crippen LogP contribution in [0.2, 0.25) is 0 Å². The molecule has 0 saturated heterocycles. The first-order valence-corrected chi connectivity index (χ1v) is 10.3. The Labute approximate surface area is 183 Å². The Bertz CT molecular complexity index is 1360. The summed E-state index contributed by atoms with van der Waals surface area (Å²) in [5, 5.41) is 3.41. The van der Waals surface area contributed by atoms with Crippen LogP contribution in [-0.4, -0.2) is 29.1 Å². The van der Waals surface area contributed by atoms with E-state index in [0.29, 0.717) is 22.2 Å². The zero-order valence-corrected chi connectivity index (χ0v) is 18.0. The minimum Gasteiger partial charge on any atom is -0.467 e. The molecule has 2 heterocycles. The van der Waals surface area contributed by atoms with Crippen LogP contribution in [0.5, 0.6) is 0 Å². The van der Waals surface area contributed by atoms with Crippen molar-refractivity contribution in [2.24, 2.45) is 0 Å². The fourth-order valence-corrected chi connectivity index (χ4v) is 3.63. The zero-order chi connectivity index (χ0) is 22.0. The lowest BCUT2D eigenvalue weighted by Crippen LogP contribution is -2.23. The zero-order valence-electron chi connectivity index (χ0n) is 17.2. The molecule has 8 heteroatoms.